The van der Waals surface area contributed by atoms with E-state index in [0.717, 1.165) is 0 Å². The highest BCUT2D eigenvalue weighted by atomic mass is 79.9. The smallest absolute Gasteiger partial charge is 0.335 e. The van der Waals surface area contributed by atoms with Gasteiger partial charge in [-0.05, 0) is 32.0 Å². The van der Waals surface area contributed by atoms with Crippen molar-refractivity contribution in [1.29, 1.82) is 0 Å². The first-order chi connectivity index (χ1) is 7.30. The number of nitrogens with one attached hydrogen (secondary N) is 1. The highest BCUT2D eigenvalue weighted by Gasteiger charge is 2.23. The molecule has 0 spiro atoms. The largest absolute Gasteiger partial charge is 0.478 e. The third-order valence-electron chi connectivity index (χ3n) is 1.91. The Kier molecular flexibility index (Phi) is 3.70. The number of carbonyl (C=O) groups excluding carboxylic acids is 1. The van der Waals surface area contributed by atoms with Gasteiger partial charge in [0, 0.05) is 5.69 Å². The van der Waals surface area contributed by atoms with Crippen LogP contribution in [0, 0.1) is 0 Å². The van der Waals surface area contributed by atoms with Crippen LogP contribution in [0.15, 0.2) is 24.3 Å². The Balaban J connectivity index is 2.87. The van der Waals surface area contributed by atoms with Crippen LogP contribution in [0.25, 0.3) is 0 Å². The molecule has 1 aromatic carbocycles. The number of alkyl halides is 1. The maximum absolute atomic E-state index is 11.6. The molecule has 2 N–H and O–H groups in total. The summed E-state index contributed by atoms with van der Waals surface area (Å²) in [7, 11) is 0. The van der Waals surface area contributed by atoms with Crippen LogP contribution in [0.2, 0.25) is 0 Å². The first kappa shape index (κ1) is 12.7. The second-order valence-electron chi connectivity index (χ2n) is 3.81. The predicted molar refractivity (Wildman–Crippen MR) is 65.0 cm³/mol. The molecule has 0 bridgehead atoms. The highest BCUT2D eigenvalue weighted by molar-refractivity contribution is 9.10. The number of aromatic carboxylic acids is 1. The SMILES string of the molecule is CC(C)(Br)C(=O)Nc1cccc(C(=O)O)c1. The van der Waals surface area contributed by atoms with E-state index >= 15 is 0 Å². The lowest BCUT2D eigenvalue weighted by Crippen LogP contribution is -2.30. The van der Waals surface area contributed by atoms with Gasteiger partial charge in [0.15, 0.2) is 0 Å². The summed E-state index contributed by atoms with van der Waals surface area (Å²) >= 11 is 3.22. The van der Waals surface area contributed by atoms with E-state index < -0.39 is 10.3 Å². The molecule has 0 fully saturated rings. The summed E-state index contributed by atoms with van der Waals surface area (Å²) in [5.41, 5.74) is 0.614. The van der Waals surface area contributed by atoms with Crippen molar-refractivity contribution < 1.29 is 14.7 Å². The number of hydrogen-bond acceptors (Lipinski definition) is 2. The molecule has 0 aliphatic rings. The Morgan fingerprint density at radius 3 is 2.50 bits per heavy atom. The fraction of sp³-hybridized carbons (Fsp3) is 0.273. The molecular weight excluding hydrogens is 274 g/mol. The fourth-order valence-electron chi connectivity index (χ4n) is 1.01. The van der Waals surface area contributed by atoms with Crippen LogP contribution in [0.5, 0.6) is 0 Å². The van der Waals surface area contributed by atoms with Crippen LogP contribution in [0.4, 0.5) is 5.69 Å². The first-order valence-corrected chi connectivity index (χ1v) is 5.44. The Morgan fingerprint density at radius 2 is 2.00 bits per heavy atom. The maximum Gasteiger partial charge on any atom is 0.335 e. The van der Waals surface area contributed by atoms with Crippen LogP contribution >= 0.6 is 15.9 Å². The number of amides is 1. The van der Waals surface area contributed by atoms with Gasteiger partial charge in [-0.2, -0.15) is 0 Å². The molecule has 0 saturated heterocycles. The summed E-state index contributed by atoms with van der Waals surface area (Å²) < 4.78 is -0.688. The van der Waals surface area contributed by atoms with Crippen molar-refractivity contribution in [2.24, 2.45) is 0 Å². The molecule has 0 radical (unpaired) electrons. The number of carboxylic acid groups (broad SMARTS) is 1. The molecule has 0 aliphatic carbocycles. The van der Waals surface area contributed by atoms with Crippen LogP contribution < -0.4 is 5.32 Å². The first-order valence-electron chi connectivity index (χ1n) is 4.64. The van der Waals surface area contributed by atoms with Gasteiger partial charge < -0.3 is 10.4 Å². The lowest BCUT2D eigenvalue weighted by Gasteiger charge is -2.15. The van der Waals surface area contributed by atoms with Gasteiger partial charge in [-0.1, -0.05) is 22.0 Å². The van der Waals surface area contributed by atoms with Gasteiger partial charge in [-0.25, -0.2) is 4.79 Å². The normalized spacial score (nSPS) is 10.9. The molecule has 5 heteroatoms. The van der Waals surface area contributed by atoms with Gasteiger partial charge in [-0.15, -0.1) is 0 Å². The number of carbonyl (C=O) groups is 2. The van der Waals surface area contributed by atoms with Gasteiger partial charge in [0.1, 0.15) is 0 Å². The number of hydrogen-bond donors (Lipinski definition) is 2. The monoisotopic (exact) mass is 285 g/mol. The Morgan fingerprint density at radius 1 is 1.38 bits per heavy atom. The highest BCUT2D eigenvalue weighted by Crippen LogP contribution is 2.19. The average Bonchev–Trinajstić information content (AvgIpc) is 2.16. The van der Waals surface area contributed by atoms with Gasteiger partial charge in [0.2, 0.25) is 5.91 Å². The molecular formula is C11H12BrNO3. The van der Waals surface area contributed by atoms with Gasteiger partial charge >= 0.3 is 5.97 Å². The third-order valence-corrected chi connectivity index (χ3v) is 2.27. The number of halogens is 1. The lowest BCUT2D eigenvalue weighted by atomic mass is 10.1. The summed E-state index contributed by atoms with van der Waals surface area (Å²) in [6.07, 6.45) is 0. The van der Waals surface area contributed by atoms with E-state index in [4.69, 9.17) is 5.11 Å². The average molecular weight is 286 g/mol. The van der Waals surface area contributed by atoms with Crippen molar-refractivity contribution in [3.8, 4) is 0 Å². The number of carboxylic acids is 1. The molecule has 16 heavy (non-hydrogen) atoms. The summed E-state index contributed by atoms with van der Waals surface area (Å²) in [5.74, 6) is -1.25. The Labute approximate surface area is 102 Å². The molecule has 0 aromatic heterocycles. The molecule has 0 heterocycles. The molecule has 1 aromatic rings. The van der Waals surface area contributed by atoms with Crippen molar-refractivity contribution in [1.82, 2.24) is 0 Å². The van der Waals surface area contributed by atoms with Gasteiger partial charge in [0.05, 0.1) is 9.89 Å². The minimum Gasteiger partial charge on any atom is -0.478 e. The van der Waals surface area contributed by atoms with E-state index in [-0.39, 0.29) is 11.5 Å². The quantitative estimate of drug-likeness (QED) is 0.839. The van der Waals surface area contributed by atoms with E-state index in [9.17, 15) is 9.59 Å². The zero-order valence-corrected chi connectivity index (χ0v) is 10.5. The van der Waals surface area contributed by atoms with Crippen LogP contribution in [0.3, 0.4) is 0 Å². The molecule has 0 saturated carbocycles. The summed E-state index contributed by atoms with van der Waals surface area (Å²) in [6.45, 7) is 3.42. The molecule has 1 rings (SSSR count). The van der Waals surface area contributed by atoms with Crippen LogP contribution in [0.1, 0.15) is 24.2 Å². The molecule has 86 valence electrons. The van der Waals surface area contributed by atoms with E-state index in [1.807, 2.05) is 0 Å². The molecule has 1 amide bonds. The van der Waals surface area contributed by atoms with Crippen molar-refractivity contribution in [2.45, 2.75) is 18.2 Å². The molecule has 0 aliphatic heterocycles. The van der Waals surface area contributed by atoms with Crippen molar-refractivity contribution in [3.05, 3.63) is 29.8 Å². The minimum absolute atomic E-state index is 0.144. The zero-order valence-electron chi connectivity index (χ0n) is 8.95. The zero-order chi connectivity index (χ0) is 12.3. The van der Waals surface area contributed by atoms with Crippen molar-refractivity contribution >= 4 is 33.5 Å². The Bertz CT molecular complexity index is 423. The van der Waals surface area contributed by atoms with Crippen molar-refractivity contribution in [3.63, 3.8) is 0 Å². The van der Waals surface area contributed by atoms with Crippen molar-refractivity contribution in [2.75, 3.05) is 5.32 Å². The topological polar surface area (TPSA) is 66.4 Å². The van der Waals surface area contributed by atoms with Crippen LogP contribution in [-0.2, 0) is 4.79 Å². The van der Waals surface area contributed by atoms with E-state index in [0.29, 0.717) is 5.69 Å². The number of anilines is 1. The second-order valence-corrected chi connectivity index (χ2v) is 5.80. The minimum atomic E-state index is -1.02. The number of rotatable bonds is 3. The van der Waals surface area contributed by atoms with Crippen LogP contribution in [-0.4, -0.2) is 21.3 Å². The second kappa shape index (κ2) is 4.65. The summed E-state index contributed by atoms with van der Waals surface area (Å²) in [6, 6.07) is 6.11. The van der Waals surface area contributed by atoms with E-state index in [1.165, 1.54) is 12.1 Å². The van der Waals surface area contributed by atoms with Gasteiger partial charge in [-0.3, -0.25) is 4.79 Å². The van der Waals surface area contributed by atoms with E-state index in [2.05, 4.69) is 21.2 Å². The molecule has 4 nitrogen and oxygen atoms in total. The Hall–Kier alpha value is -1.36. The molecule has 0 atom stereocenters. The van der Waals surface area contributed by atoms with Gasteiger partial charge in [0.25, 0.3) is 0 Å². The summed E-state index contributed by atoms with van der Waals surface area (Å²) in [4.78, 5) is 22.3. The third kappa shape index (κ3) is 3.34. The van der Waals surface area contributed by atoms with E-state index in [1.54, 1.807) is 26.0 Å². The fourth-order valence-corrected chi connectivity index (χ4v) is 1.11. The number of benzene rings is 1. The lowest BCUT2D eigenvalue weighted by molar-refractivity contribution is -0.117. The molecule has 0 unspecified atom stereocenters. The maximum atomic E-state index is 11.6. The predicted octanol–water partition coefficient (Wildman–Crippen LogP) is 2.50. The summed E-state index contributed by atoms with van der Waals surface area (Å²) in [5, 5.41) is 11.4. The standard InChI is InChI=1S/C11H12BrNO3/c1-11(2,12)10(16)13-8-5-3-4-7(6-8)9(14)15/h3-6H,1-2H3,(H,13,16)(H,14,15).